The third-order valence-corrected chi connectivity index (χ3v) is 1.90. The number of hydrogen-bond acceptors (Lipinski definition) is 5. The summed E-state index contributed by atoms with van der Waals surface area (Å²) in [6.45, 7) is 0.500. The van der Waals surface area contributed by atoms with E-state index in [1.165, 1.54) is 19.4 Å². The second kappa shape index (κ2) is 5.53. The summed E-state index contributed by atoms with van der Waals surface area (Å²) in [5.74, 6) is -0.558. The van der Waals surface area contributed by atoms with Crippen molar-refractivity contribution in [2.24, 2.45) is 0 Å². The van der Waals surface area contributed by atoms with Gasteiger partial charge in [-0.2, -0.15) is 0 Å². The van der Waals surface area contributed by atoms with Crippen molar-refractivity contribution in [2.45, 2.75) is 0 Å². The summed E-state index contributed by atoms with van der Waals surface area (Å²) in [5.41, 5.74) is 5.99. The van der Waals surface area contributed by atoms with Gasteiger partial charge in [0.15, 0.2) is 0 Å². The first kappa shape index (κ1) is 11.7. The Hall–Kier alpha value is -1.33. The van der Waals surface area contributed by atoms with Crippen LogP contribution in [0.15, 0.2) is 12.3 Å². The lowest BCUT2D eigenvalue weighted by Gasteiger charge is -2.05. The van der Waals surface area contributed by atoms with Crippen molar-refractivity contribution in [3.8, 4) is 0 Å². The van der Waals surface area contributed by atoms with Crippen LogP contribution in [-0.2, 0) is 9.47 Å². The summed E-state index contributed by atoms with van der Waals surface area (Å²) >= 11 is 5.71. The Balaban J connectivity index is 2.68. The van der Waals surface area contributed by atoms with Crippen LogP contribution in [0.3, 0.4) is 0 Å². The lowest BCUT2D eigenvalue weighted by molar-refractivity contribution is 0.0388. The maximum Gasteiger partial charge on any atom is 0.341 e. The molecule has 1 aromatic rings. The van der Waals surface area contributed by atoms with Crippen molar-refractivity contribution in [2.75, 3.05) is 26.1 Å². The molecule has 15 heavy (non-hydrogen) atoms. The first-order valence-corrected chi connectivity index (χ1v) is 4.60. The molecule has 0 radical (unpaired) electrons. The van der Waals surface area contributed by atoms with E-state index in [9.17, 15) is 4.79 Å². The van der Waals surface area contributed by atoms with Gasteiger partial charge in [-0.05, 0) is 6.07 Å². The van der Waals surface area contributed by atoms with Crippen molar-refractivity contribution >= 4 is 23.3 Å². The lowest BCUT2D eigenvalue weighted by atomic mass is 10.3. The molecule has 1 aromatic heterocycles. The van der Waals surface area contributed by atoms with Crippen molar-refractivity contribution in [1.29, 1.82) is 0 Å². The van der Waals surface area contributed by atoms with E-state index in [0.717, 1.165) is 0 Å². The van der Waals surface area contributed by atoms with Crippen molar-refractivity contribution in [3.63, 3.8) is 0 Å². The quantitative estimate of drug-likeness (QED) is 0.477. The standard InChI is InChI=1S/C9H11ClN2O3/c1-14-2-3-15-9(13)7-4-6(11)5-12-8(7)10/h4-5H,2-3,11H2,1H3. The highest BCUT2D eigenvalue weighted by atomic mass is 35.5. The Morgan fingerprint density at radius 3 is 3.00 bits per heavy atom. The van der Waals surface area contributed by atoms with E-state index >= 15 is 0 Å². The largest absolute Gasteiger partial charge is 0.460 e. The van der Waals surface area contributed by atoms with Gasteiger partial charge in [-0.15, -0.1) is 0 Å². The van der Waals surface area contributed by atoms with E-state index in [0.29, 0.717) is 12.3 Å². The number of hydrogen-bond donors (Lipinski definition) is 1. The van der Waals surface area contributed by atoms with E-state index < -0.39 is 5.97 Å². The van der Waals surface area contributed by atoms with Gasteiger partial charge in [0.05, 0.1) is 24.1 Å². The smallest absolute Gasteiger partial charge is 0.341 e. The SMILES string of the molecule is COCCOC(=O)c1cc(N)cnc1Cl. The first-order chi connectivity index (χ1) is 7.15. The molecule has 0 unspecified atom stereocenters. The monoisotopic (exact) mass is 230 g/mol. The Labute approximate surface area is 92.1 Å². The number of rotatable bonds is 4. The highest BCUT2D eigenvalue weighted by Gasteiger charge is 2.12. The van der Waals surface area contributed by atoms with Crippen molar-refractivity contribution < 1.29 is 14.3 Å². The van der Waals surface area contributed by atoms with E-state index in [1.54, 1.807) is 0 Å². The molecule has 0 aliphatic heterocycles. The van der Waals surface area contributed by atoms with Crippen LogP contribution in [0.5, 0.6) is 0 Å². The highest BCUT2D eigenvalue weighted by Crippen LogP contribution is 2.16. The molecule has 0 saturated carbocycles. The minimum absolute atomic E-state index is 0.0756. The van der Waals surface area contributed by atoms with Crippen LogP contribution in [0.1, 0.15) is 10.4 Å². The van der Waals surface area contributed by atoms with Gasteiger partial charge in [-0.25, -0.2) is 9.78 Å². The second-order valence-corrected chi connectivity index (χ2v) is 3.09. The van der Waals surface area contributed by atoms with E-state index in [4.69, 9.17) is 26.8 Å². The molecular formula is C9H11ClN2O3. The summed E-state index contributed by atoms with van der Waals surface area (Å²) in [7, 11) is 1.52. The van der Waals surface area contributed by atoms with Gasteiger partial charge < -0.3 is 15.2 Å². The van der Waals surface area contributed by atoms with Crippen LogP contribution < -0.4 is 5.73 Å². The predicted molar refractivity (Wildman–Crippen MR) is 55.8 cm³/mol. The molecule has 0 bridgehead atoms. The van der Waals surface area contributed by atoms with E-state index in [-0.39, 0.29) is 17.3 Å². The molecular weight excluding hydrogens is 220 g/mol. The summed E-state index contributed by atoms with van der Waals surface area (Å²) in [4.78, 5) is 15.2. The Kier molecular flexibility index (Phi) is 4.33. The maximum atomic E-state index is 11.4. The van der Waals surface area contributed by atoms with Crippen LogP contribution in [0.4, 0.5) is 5.69 Å². The molecule has 5 nitrogen and oxygen atoms in total. The molecule has 0 aromatic carbocycles. The normalized spacial score (nSPS) is 10.0. The van der Waals surface area contributed by atoms with Gasteiger partial charge in [0.2, 0.25) is 0 Å². The fourth-order valence-electron chi connectivity index (χ4n) is 0.903. The van der Waals surface area contributed by atoms with E-state index in [1.807, 2.05) is 0 Å². The van der Waals surface area contributed by atoms with Gasteiger partial charge in [0, 0.05) is 7.11 Å². The van der Waals surface area contributed by atoms with Crippen LogP contribution in [0.2, 0.25) is 5.15 Å². The molecule has 82 valence electrons. The fourth-order valence-corrected chi connectivity index (χ4v) is 1.08. The Bertz CT molecular complexity index is 357. The summed E-state index contributed by atoms with van der Waals surface area (Å²) in [6, 6.07) is 1.42. The molecule has 6 heteroatoms. The lowest BCUT2D eigenvalue weighted by Crippen LogP contribution is -2.11. The molecule has 0 amide bonds. The third kappa shape index (κ3) is 3.38. The highest BCUT2D eigenvalue weighted by molar-refractivity contribution is 6.32. The number of pyridine rings is 1. The number of halogens is 1. The van der Waals surface area contributed by atoms with Gasteiger partial charge in [-0.1, -0.05) is 11.6 Å². The molecule has 0 atom stereocenters. The number of nitrogens with two attached hydrogens (primary N) is 1. The fraction of sp³-hybridized carbons (Fsp3) is 0.333. The average Bonchev–Trinajstić information content (AvgIpc) is 2.22. The second-order valence-electron chi connectivity index (χ2n) is 2.74. The summed E-state index contributed by atoms with van der Waals surface area (Å²) < 4.78 is 9.59. The van der Waals surface area contributed by atoms with Crippen LogP contribution in [0, 0.1) is 0 Å². The maximum absolute atomic E-state index is 11.4. The van der Waals surface area contributed by atoms with Gasteiger partial charge >= 0.3 is 5.97 Å². The number of aromatic nitrogens is 1. The summed E-state index contributed by atoms with van der Waals surface area (Å²) in [5, 5.41) is 0.0756. The number of ether oxygens (including phenoxy) is 2. The van der Waals surface area contributed by atoms with Gasteiger partial charge in [-0.3, -0.25) is 0 Å². The minimum Gasteiger partial charge on any atom is -0.460 e. The topological polar surface area (TPSA) is 74.4 Å². The molecule has 0 aliphatic carbocycles. The van der Waals surface area contributed by atoms with Crippen LogP contribution >= 0.6 is 11.6 Å². The molecule has 0 aliphatic rings. The predicted octanol–water partition coefficient (Wildman–Crippen LogP) is 1.12. The van der Waals surface area contributed by atoms with Crippen molar-refractivity contribution in [3.05, 3.63) is 23.0 Å². The number of nitrogens with zero attached hydrogens (tertiary/aromatic N) is 1. The Morgan fingerprint density at radius 1 is 1.60 bits per heavy atom. The first-order valence-electron chi connectivity index (χ1n) is 4.22. The molecule has 0 saturated heterocycles. The average molecular weight is 231 g/mol. The number of nitrogen functional groups attached to an aromatic ring is 1. The van der Waals surface area contributed by atoms with E-state index in [2.05, 4.69) is 4.98 Å². The Morgan fingerprint density at radius 2 is 2.33 bits per heavy atom. The minimum atomic E-state index is -0.558. The molecule has 1 heterocycles. The number of carbonyl (C=O) groups excluding carboxylic acids is 1. The van der Waals surface area contributed by atoms with Gasteiger partial charge in [0.25, 0.3) is 0 Å². The number of anilines is 1. The van der Waals surface area contributed by atoms with Crippen LogP contribution in [-0.4, -0.2) is 31.3 Å². The molecule has 2 N–H and O–H groups in total. The molecule has 0 fully saturated rings. The zero-order valence-electron chi connectivity index (χ0n) is 8.20. The number of esters is 1. The number of carbonyl (C=O) groups is 1. The van der Waals surface area contributed by atoms with Gasteiger partial charge in [0.1, 0.15) is 11.8 Å². The third-order valence-electron chi connectivity index (χ3n) is 1.60. The van der Waals surface area contributed by atoms with Crippen molar-refractivity contribution in [1.82, 2.24) is 4.98 Å². The zero-order chi connectivity index (χ0) is 11.3. The molecule has 0 spiro atoms. The zero-order valence-corrected chi connectivity index (χ0v) is 8.95. The summed E-state index contributed by atoms with van der Waals surface area (Å²) in [6.07, 6.45) is 1.37. The number of methoxy groups -OCH3 is 1. The van der Waals surface area contributed by atoms with Crippen LogP contribution in [0.25, 0.3) is 0 Å². The molecule has 1 rings (SSSR count).